The van der Waals surface area contributed by atoms with Crippen molar-refractivity contribution in [1.29, 1.82) is 5.26 Å². The van der Waals surface area contributed by atoms with Crippen molar-refractivity contribution in [2.24, 2.45) is 0 Å². The number of esters is 1. The lowest BCUT2D eigenvalue weighted by atomic mass is 10.2. The molecule has 0 aromatic heterocycles. The third-order valence-corrected chi connectivity index (χ3v) is 4.08. The third kappa shape index (κ3) is 6.77. The van der Waals surface area contributed by atoms with Crippen LogP contribution in [-0.2, 0) is 19.4 Å². The summed E-state index contributed by atoms with van der Waals surface area (Å²) in [4.78, 5) is 11.1. The van der Waals surface area contributed by atoms with Crippen molar-refractivity contribution in [3.05, 3.63) is 29.8 Å². The van der Waals surface area contributed by atoms with Gasteiger partial charge in [-0.15, -0.1) is 0 Å². The predicted octanol–water partition coefficient (Wildman–Crippen LogP) is 1.31. The third-order valence-electron chi connectivity index (χ3n) is 2.49. The van der Waals surface area contributed by atoms with E-state index in [4.69, 9.17) is 10.00 Å². The van der Waals surface area contributed by atoms with Crippen molar-refractivity contribution in [3.63, 3.8) is 0 Å². The summed E-state index contributed by atoms with van der Waals surface area (Å²) < 4.78 is 33.2. The number of ether oxygens (including phenoxy) is 2. The molecule has 1 aromatic carbocycles. The van der Waals surface area contributed by atoms with E-state index < -0.39 is 21.6 Å². The molecule has 21 heavy (non-hydrogen) atoms. The van der Waals surface area contributed by atoms with Crippen LogP contribution in [0.5, 0.6) is 5.75 Å². The maximum atomic E-state index is 11.6. The van der Waals surface area contributed by atoms with E-state index in [0.29, 0.717) is 11.3 Å². The van der Waals surface area contributed by atoms with E-state index in [9.17, 15) is 13.2 Å². The highest BCUT2D eigenvalue weighted by molar-refractivity contribution is 7.92. The normalized spacial score (nSPS) is 10.7. The number of sulfone groups is 1. The molecule has 7 heteroatoms. The Labute approximate surface area is 124 Å². The van der Waals surface area contributed by atoms with Crippen molar-refractivity contribution < 1.29 is 22.7 Å². The zero-order valence-electron chi connectivity index (χ0n) is 11.7. The lowest BCUT2D eigenvalue weighted by Crippen LogP contribution is -2.21. The largest absolute Gasteiger partial charge is 0.494 e. The zero-order valence-corrected chi connectivity index (χ0v) is 12.6. The summed E-state index contributed by atoms with van der Waals surface area (Å²) in [5, 5.41) is 8.65. The van der Waals surface area contributed by atoms with E-state index in [1.807, 2.05) is 6.07 Å². The molecule has 0 unspecified atom stereocenters. The average Bonchev–Trinajstić information content (AvgIpc) is 2.44. The highest BCUT2D eigenvalue weighted by Crippen LogP contribution is 2.11. The van der Waals surface area contributed by atoms with Gasteiger partial charge in [0.25, 0.3) is 0 Å². The Morgan fingerprint density at radius 2 is 1.95 bits per heavy atom. The van der Waals surface area contributed by atoms with Gasteiger partial charge in [-0.3, -0.25) is 4.79 Å². The van der Waals surface area contributed by atoms with Gasteiger partial charge in [0.1, 0.15) is 11.5 Å². The van der Waals surface area contributed by atoms with Crippen molar-refractivity contribution in [3.8, 4) is 11.8 Å². The minimum Gasteiger partial charge on any atom is -0.494 e. The number of rotatable bonds is 8. The molecule has 0 aliphatic carbocycles. The molecular formula is C14H17NO5S. The molecule has 0 aliphatic rings. The van der Waals surface area contributed by atoms with E-state index in [0.717, 1.165) is 0 Å². The molecule has 0 heterocycles. The number of nitriles is 1. The molecule has 6 nitrogen and oxygen atoms in total. The summed E-state index contributed by atoms with van der Waals surface area (Å²) in [5.74, 6) is -0.901. The molecule has 0 radical (unpaired) electrons. The molecule has 0 aliphatic heterocycles. The fourth-order valence-electron chi connectivity index (χ4n) is 1.55. The number of nitrogens with zero attached hydrogens (tertiary/aromatic N) is 1. The fraction of sp³-hybridized carbons (Fsp3) is 0.429. The first-order valence-electron chi connectivity index (χ1n) is 6.46. The molecule has 0 amide bonds. The molecule has 0 atom stereocenters. The number of carbonyl (C=O) groups is 1. The van der Waals surface area contributed by atoms with E-state index in [-0.39, 0.29) is 25.4 Å². The standard InChI is InChI=1S/C14H17NO5S/c1-2-19-14(16)11-21(17,18)9-3-8-20-13-6-4-12(10-15)5-7-13/h4-7H,2-3,8-9,11H2,1H3. The fourth-order valence-corrected chi connectivity index (χ4v) is 2.69. The smallest absolute Gasteiger partial charge is 0.321 e. The van der Waals surface area contributed by atoms with Gasteiger partial charge in [0, 0.05) is 0 Å². The summed E-state index contributed by atoms with van der Waals surface area (Å²) in [6.07, 6.45) is 0.280. The molecule has 114 valence electrons. The van der Waals surface area contributed by atoms with Crippen LogP contribution >= 0.6 is 0 Å². The summed E-state index contributed by atoms with van der Waals surface area (Å²) in [5.41, 5.74) is 0.527. The van der Waals surface area contributed by atoms with Crippen LogP contribution in [0.3, 0.4) is 0 Å². The van der Waals surface area contributed by atoms with Crippen LogP contribution in [0.2, 0.25) is 0 Å². The Hall–Kier alpha value is -2.07. The molecule has 1 aromatic rings. The van der Waals surface area contributed by atoms with Crippen molar-refractivity contribution >= 4 is 15.8 Å². The van der Waals surface area contributed by atoms with Gasteiger partial charge >= 0.3 is 5.97 Å². The van der Waals surface area contributed by atoms with Gasteiger partial charge in [-0.1, -0.05) is 0 Å². The van der Waals surface area contributed by atoms with Crippen LogP contribution < -0.4 is 4.74 Å². The topological polar surface area (TPSA) is 93.5 Å². The number of hydrogen-bond donors (Lipinski definition) is 0. The average molecular weight is 311 g/mol. The van der Waals surface area contributed by atoms with E-state index in [1.54, 1.807) is 31.2 Å². The Morgan fingerprint density at radius 1 is 1.29 bits per heavy atom. The molecule has 0 N–H and O–H groups in total. The SMILES string of the molecule is CCOC(=O)CS(=O)(=O)CCCOc1ccc(C#N)cc1. The first-order chi connectivity index (χ1) is 9.96. The lowest BCUT2D eigenvalue weighted by molar-refractivity contribution is -0.139. The van der Waals surface area contributed by atoms with Crippen LogP contribution in [0.15, 0.2) is 24.3 Å². The molecular weight excluding hydrogens is 294 g/mol. The zero-order chi connectivity index (χ0) is 15.7. The monoisotopic (exact) mass is 311 g/mol. The minimum atomic E-state index is -3.47. The Kier molecular flexibility index (Phi) is 6.69. The molecule has 0 saturated heterocycles. The van der Waals surface area contributed by atoms with Gasteiger partial charge < -0.3 is 9.47 Å². The van der Waals surface area contributed by atoms with Gasteiger partial charge in [-0.05, 0) is 37.6 Å². The number of carbonyl (C=O) groups excluding carboxylic acids is 1. The highest BCUT2D eigenvalue weighted by Gasteiger charge is 2.17. The van der Waals surface area contributed by atoms with Crippen molar-refractivity contribution in [2.45, 2.75) is 13.3 Å². The highest BCUT2D eigenvalue weighted by atomic mass is 32.2. The Bertz CT molecular complexity index is 601. The summed E-state index contributed by atoms with van der Waals surface area (Å²) in [7, 11) is -3.47. The maximum absolute atomic E-state index is 11.6. The van der Waals surface area contributed by atoms with Crippen LogP contribution in [0.4, 0.5) is 0 Å². The number of hydrogen-bond acceptors (Lipinski definition) is 6. The second-order valence-corrected chi connectivity index (χ2v) is 6.42. The summed E-state index contributed by atoms with van der Waals surface area (Å²) >= 11 is 0. The van der Waals surface area contributed by atoms with Crippen molar-refractivity contribution in [1.82, 2.24) is 0 Å². The summed E-state index contributed by atoms with van der Waals surface area (Å²) in [6, 6.07) is 8.52. The van der Waals surface area contributed by atoms with E-state index in [2.05, 4.69) is 4.74 Å². The molecule has 0 fully saturated rings. The second kappa shape index (κ2) is 8.27. The first-order valence-corrected chi connectivity index (χ1v) is 8.28. The van der Waals surface area contributed by atoms with Crippen molar-refractivity contribution in [2.75, 3.05) is 24.7 Å². The van der Waals surface area contributed by atoms with Crippen LogP contribution in [0.25, 0.3) is 0 Å². The van der Waals surface area contributed by atoms with Gasteiger partial charge in [0.2, 0.25) is 0 Å². The number of benzene rings is 1. The maximum Gasteiger partial charge on any atom is 0.321 e. The molecule has 0 bridgehead atoms. The quantitative estimate of drug-likeness (QED) is 0.530. The molecule has 0 saturated carbocycles. The predicted molar refractivity (Wildman–Crippen MR) is 76.6 cm³/mol. The Balaban J connectivity index is 2.32. The van der Waals surface area contributed by atoms with Gasteiger partial charge in [-0.2, -0.15) is 5.26 Å². The first kappa shape index (κ1) is 17.0. The molecule has 1 rings (SSSR count). The summed E-state index contributed by atoms with van der Waals surface area (Å²) in [6.45, 7) is 2.00. The molecule has 0 spiro atoms. The van der Waals surface area contributed by atoms with E-state index >= 15 is 0 Å². The van der Waals surface area contributed by atoms with Crippen LogP contribution in [-0.4, -0.2) is 39.1 Å². The van der Waals surface area contributed by atoms with Crippen LogP contribution in [0, 0.1) is 11.3 Å². The second-order valence-electron chi connectivity index (χ2n) is 4.24. The Morgan fingerprint density at radius 3 is 2.52 bits per heavy atom. The van der Waals surface area contributed by atoms with Crippen LogP contribution in [0.1, 0.15) is 18.9 Å². The van der Waals surface area contributed by atoms with Gasteiger partial charge in [0.15, 0.2) is 9.84 Å². The lowest BCUT2D eigenvalue weighted by Gasteiger charge is -2.07. The van der Waals surface area contributed by atoms with E-state index in [1.165, 1.54) is 0 Å². The minimum absolute atomic E-state index is 0.137. The van der Waals surface area contributed by atoms with Gasteiger partial charge in [-0.25, -0.2) is 8.42 Å². The van der Waals surface area contributed by atoms with Gasteiger partial charge in [0.05, 0.1) is 30.6 Å².